The third-order valence-electron chi connectivity index (χ3n) is 3.40. The van der Waals surface area contributed by atoms with Gasteiger partial charge >= 0.3 is 6.18 Å². The molecule has 0 aliphatic heterocycles. The highest BCUT2D eigenvalue weighted by atomic mass is 32.2. The minimum Gasteiger partial charge on any atom is -0.308 e. The molecule has 0 bridgehead atoms. The molecule has 0 saturated carbocycles. The average Bonchev–Trinajstić information content (AvgIpc) is 2.88. The second kappa shape index (κ2) is 5.97. The number of nitrogens with zero attached hydrogens (tertiary/aromatic N) is 4. The lowest BCUT2D eigenvalue weighted by molar-refractivity contribution is -0.146. The van der Waals surface area contributed by atoms with Crippen LogP contribution in [0.3, 0.4) is 0 Å². The normalized spacial score (nSPS) is 12.0. The van der Waals surface area contributed by atoms with E-state index in [2.05, 4.69) is 9.97 Å². The summed E-state index contributed by atoms with van der Waals surface area (Å²) in [7, 11) is 1.21. The number of alkyl halides is 3. The van der Waals surface area contributed by atoms with Crippen LogP contribution in [0.15, 0.2) is 35.1 Å². The molecule has 3 rings (SSSR count). The molecule has 0 spiro atoms. The predicted molar refractivity (Wildman–Crippen MR) is 86.7 cm³/mol. The van der Waals surface area contributed by atoms with Crippen LogP contribution in [-0.2, 0) is 13.2 Å². The first-order valence-corrected chi connectivity index (χ1v) is 8.04. The molecule has 0 saturated heterocycles. The molecule has 0 aliphatic rings. The van der Waals surface area contributed by atoms with E-state index < -0.39 is 17.6 Å². The van der Waals surface area contributed by atoms with Crippen molar-refractivity contribution < 1.29 is 13.2 Å². The van der Waals surface area contributed by atoms with Crippen LogP contribution in [0.1, 0.15) is 12.7 Å². The summed E-state index contributed by atoms with van der Waals surface area (Å²) >= 11 is 1.17. The van der Waals surface area contributed by atoms with E-state index in [4.69, 9.17) is 0 Å². The van der Waals surface area contributed by atoms with E-state index in [1.54, 1.807) is 24.3 Å². The number of fused-ring (bicyclic) bond motifs is 1. The van der Waals surface area contributed by atoms with Crippen molar-refractivity contribution in [3.8, 4) is 11.4 Å². The van der Waals surface area contributed by atoms with Crippen molar-refractivity contribution in [2.24, 2.45) is 7.05 Å². The van der Waals surface area contributed by atoms with Gasteiger partial charge in [-0.15, -0.1) is 0 Å². The van der Waals surface area contributed by atoms with Crippen LogP contribution in [0.4, 0.5) is 13.2 Å². The van der Waals surface area contributed by atoms with Crippen LogP contribution >= 0.6 is 11.9 Å². The summed E-state index contributed by atoms with van der Waals surface area (Å²) in [6, 6.07) is 8.86. The Balaban J connectivity index is 2.38. The van der Waals surface area contributed by atoms with Crippen molar-refractivity contribution in [2.45, 2.75) is 13.1 Å². The third-order valence-corrected chi connectivity index (χ3v) is 4.26. The van der Waals surface area contributed by atoms with E-state index in [1.807, 2.05) is 13.0 Å². The molecule has 2 heterocycles. The van der Waals surface area contributed by atoms with Crippen molar-refractivity contribution in [1.29, 1.82) is 0 Å². The summed E-state index contributed by atoms with van der Waals surface area (Å²) in [6.45, 7) is 1.84. The molecule has 0 amide bonds. The molecule has 24 heavy (non-hydrogen) atoms. The molecule has 9 heteroatoms. The Hall–Kier alpha value is -2.29. The van der Waals surface area contributed by atoms with Gasteiger partial charge in [0.1, 0.15) is 0 Å². The molecule has 0 radical (unpaired) electrons. The maximum absolute atomic E-state index is 13.1. The first kappa shape index (κ1) is 16.6. The molecule has 0 atom stereocenters. The molecule has 0 N–H and O–H groups in total. The number of imidazole rings is 1. The van der Waals surface area contributed by atoms with E-state index in [9.17, 15) is 18.0 Å². The molecular weight excluding hydrogens is 341 g/mol. The number of rotatable bonds is 3. The van der Waals surface area contributed by atoms with Gasteiger partial charge < -0.3 is 4.57 Å². The van der Waals surface area contributed by atoms with Gasteiger partial charge in [0, 0.05) is 18.4 Å². The van der Waals surface area contributed by atoms with Gasteiger partial charge in [0.2, 0.25) is 5.82 Å². The third kappa shape index (κ3) is 2.68. The average molecular weight is 354 g/mol. The Kier molecular flexibility index (Phi) is 4.12. The van der Waals surface area contributed by atoms with Crippen molar-refractivity contribution in [3.63, 3.8) is 0 Å². The number of benzene rings is 1. The highest BCUT2D eigenvalue weighted by Crippen LogP contribution is 2.30. The van der Waals surface area contributed by atoms with Gasteiger partial charge in [-0.2, -0.15) is 13.2 Å². The highest BCUT2D eigenvalue weighted by molar-refractivity contribution is 7.97. The quantitative estimate of drug-likeness (QED) is 0.724. The van der Waals surface area contributed by atoms with Gasteiger partial charge in [0.25, 0.3) is 5.56 Å². The zero-order chi connectivity index (χ0) is 17.5. The van der Waals surface area contributed by atoms with E-state index >= 15 is 0 Å². The molecule has 1 aromatic carbocycles. The smallest absolute Gasteiger partial charge is 0.308 e. The lowest BCUT2D eigenvalue weighted by atomic mass is 10.2. The molecular formula is C15H13F3N4OS. The molecule has 0 unspecified atom stereocenters. The summed E-state index contributed by atoms with van der Waals surface area (Å²) in [5, 5.41) is 0. The molecule has 126 valence electrons. The standard InChI is InChI=1S/C15H13F3N4OS/c1-3-24-22-11(9-7-5-4-6-8-9)20-12-10(13(22)23)19-14(21(12)2)15(16,17)18/h4-8H,3H2,1-2H3. The summed E-state index contributed by atoms with van der Waals surface area (Å²) in [5.41, 5.74) is -0.325. The predicted octanol–water partition coefficient (Wildman–Crippen LogP) is 3.33. The van der Waals surface area contributed by atoms with E-state index in [0.717, 1.165) is 4.57 Å². The Bertz CT molecular complexity index is 947. The zero-order valence-corrected chi connectivity index (χ0v) is 13.6. The van der Waals surface area contributed by atoms with Crippen LogP contribution < -0.4 is 5.56 Å². The van der Waals surface area contributed by atoms with Crippen LogP contribution in [0.5, 0.6) is 0 Å². The lowest BCUT2D eigenvalue weighted by Gasteiger charge is -2.10. The Labute approximate surface area is 139 Å². The van der Waals surface area contributed by atoms with E-state index in [1.165, 1.54) is 23.0 Å². The number of hydrogen-bond donors (Lipinski definition) is 0. The van der Waals surface area contributed by atoms with Gasteiger partial charge in [0.15, 0.2) is 17.0 Å². The fraction of sp³-hybridized carbons (Fsp3) is 0.267. The van der Waals surface area contributed by atoms with Crippen molar-refractivity contribution in [3.05, 3.63) is 46.5 Å². The maximum Gasteiger partial charge on any atom is 0.449 e. The molecule has 5 nitrogen and oxygen atoms in total. The maximum atomic E-state index is 13.1. The minimum absolute atomic E-state index is 0.0841. The first-order valence-electron chi connectivity index (χ1n) is 7.10. The van der Waals surface area contributed by atoms with Crippen molar-refractivity contribution >= 4 is 23.1 Å². The molecule has 0 aliphatic carbocycles. The second-order valence-corrected chi connectivity index (χ2v) is 6.18. The number of halogens is 3. The zero-order valence-electron chi connectivity index (χ0n) is 12.8. The number of hydrogen-bond acceptors (Lipinski definition) is 4. The van der Waals surface area contributed by atoms with Crippen LogP contribution in [0.25, 0.3) is 22.6 Å². The topological polar surface area (TPSA) is 52.7 Å². The Morgan fingerprint density at radius 3 is 2.42 bits per heavy atom. The van der Waals surface area contributed by atoms with Crippen molar-refractivity contribution in [1.82, 2.24) is 18.5 Å². The summed E-state index contributed by atoms with van der Waals surface area (Å²) in [6.07, 6.45) is -4.66. The molecule has 3 aromatic rings. The second-order valence-electron chi connectivity index (χ2n) is 4.98. The highest BCUT2D eigenvalue weighted by Gasteiger charge is 2.38. The summed E-state index contributed by atoms with van der Waals surface area (Å²) < 4.78 is 41.3. The fourth-order valence-electron chi connectivity index (χ4n) is 2.37. The fourth-order valence-corrected chi connectivity index (χ4v) is 3.10. The van der Waals surface area contributed by atoms with Crippen molar-refractivity contribution in [2.75, 3.05) is 5.75 Å². The summed E-state index contributed by atoms with van der Waals surface area (Å²) in [4.78, 5) is 20.5. The number of aromatic nitrogens is 4. The van der Waals surface area contributed by atoms with Gasteiger partial charge in [-0.1, -0.05) is 37.3 Å². The number of aryl methyl sites for hydroxylation is 1. The first-order chi connectivity index (χ1) is 11.3. The largest absolute Gasteiger partial charge is 0.449 e. The van der Waals surface area contributed by atoms with Gasteiger partial charge in [0.05, 0.1) is 0 Å². The molecule has 2 aromatic heterocycles. The van der Waals surface area contributed by atoms with Gasteiger partial charge in [-0.3, -0.25) is 4.79 Å². The minimum atomic E-state index is -4.66. The van der Waals surface area contributed by atoms with Crippen LogP contribution in [0.2, 0.25) is 0 Å². The van der Waals surface area contributed by atoms with Gasteiger partial charge in [-0.05, 0) is 11.9 Å². The monoisotopic (exact) mass is 354 g/mol. The Morgan fingerprint density at radius 2 is 1.83 bits per heavy atom. The lowest BCUT2D eigenvalue weighted by Crippen LogP contribution is -2.19. The Morgan fingerprint density at radius 1 is 1.17 bits per heavy atom. The van der Waals surface area contributed by atoms with Gasteiger partial charge in [-0.25, -0.2) is 13.9 Å². The van der Waals surface area contributed by atoms with E-state index in [-0.39, 0.29) is 11.2 Å². The summed E-state index contributed by atoms with van der Waals surface area (Å²) in [5.74, 6) is -0.275. The van der Waals surface area contributed by atoms with E-state index in [0.29, 0.717) is 17.1 Å². The SMILES string of the molecule is CCSn1c(-c2ccccc2)nc2c(nc(C(F)(F)F)n2C)c1=O. The van der Waals surface area contributed by atoms with Crippen LogP contribution in [-0.4, -0.2) is 24.3 Å². The van der Waals surface area contributed by atoms with Crippen LogP contribution in [0, 0.1) is 0 Å². The molecule has 0 fully saturated rings.